The van der Waals surface area contributed by atoms with Gasteiger partial charge >= 0.3 is 0 Å². The van der Waals surface area contributed by atoms with Crippen LogP contribution in [-0.4, -0.2) is 38.8 Å². The minimum Gasteiger partial charge on any atom is -0.495 e. The maximum Gasteiger partial charge on any atom is 0.279 e. The molecule has 0 aliphatic carbocycles. The second kappa shape index (κ2) is 9.37. The van der Waals surface area contributed by atoms with Crippen molar-refractivity contribution in [1.82, 2.24) is 0 Å². The van der Waals surface area contributed by atoms with Crippen LogP contribution in [0.1, 0.15) is 17.7 Å². The minimum atomic E-state index is -0.0601. The lowest BCUT2D eigenvalue weighted by Crippen LogP contribution is -3.12. The van der Waals surface area contributed by atoms with Crippen molar-refractivity contribution in [1.29, 1.82) is 0 Å². The molecule has 0 spiro atoms. The summed E-state index contributed by atoms with van der Waals surface area (Å²) in [4.78, 5) is 15.1. The van der Waals surface area contributed by atoms with E-state index < -0.39 is 0 Å². The summed E-state index contributed by atoms with van der Waals surface area (Å²) in [6.45, 7) is 2.84. The van der Waals surface area contributed by atoms with E-state index in [0.29, 0.717) is 23.0 Å². The molecular weight excluding hydrogens is 372 g/mol. The van der Waals surface area contributed by atoms with Crippen LogP contribution in [0.3, 0.4) is 0 Å². The number of hydrogen-bond donors (Lipinski definition) is 2. The standard InChI is InChI=1S/C19H23ClN2O3S/c1-24-18-7-6-14(20)10-17(18)21-19(23)13-22(11-15-4-2-8-25-15)12-16-5-3-9-26-16/h3,5-7,9-10,15H,2,4,8,11-13H2,1H3,(H,21,23)/p+1/t15-/m1/s1. The van der Waals surface area contributed by atoms with Crippen LogP contribution in [0.15, 0.2) is 35.7 Å². The van der Waals surface area contributed by atoms with Gasteiger partial charge < -0.3 is 19.7 Å². The first-order valence-corrected chi connectivity index (χ1v) is 10.0. The largest absolute Gasteiger partial charge is 0.495 e. The number of anilines is 1. The Morgan fingerprint density at radius 2 is 2.35 bits per heavy atom. The number of ether oxygens (including phenoxy) is 2. The third-order valence-electron chi connectivity index (χ3n) is 4.39. The number of carbonyl (C=O) groups is 1. The molecule has 1 saturated heterocycles. The van der Waals surface area contributed by atoms with E-state index in [1.807, 2.05) is 6.07 Å². The number of nitrogens with one attached hydrogen (secondary N) is 2. The Balaban J connectivity index is 1.65. The zero-order chi connectivity index (χ0) is 18.4. The maximum absolute atomic E-state index is 12.6. The number of methoxy groups -OCH3 is 1. The number of quaternary nitrogens is 1. The predicted octanol–water partition coefficient (Wildman–Crippen LogP) is 2.61. The van der Waals surface area contributed by atoms with Gasteiger partial charge in [-0.3, -0.25) is 4.79 Å². The number of amides is 1. The molecule has 0 bridgehead atoms. The molecule has 1 aliphatic rings. The number of thiophene rings is 1. The lowest BCUT2D eigenvalue weighted by Gasteiger charge is -2.21. The molecule has 0 saturated carbocycles. The van der Waals surface area contributed by atoms with E-state index in [0.717, 1.165) is 32.5 Å². The quantitative estimate of drug-likeness (QED) is 0.722. The summed E-state index contributed by atoms with van der Waals surface area (Å²) in [7, 11) is 1.57. The molecule has 7 heteroatoms. The number of rotatable bonds is 8. The molecule has 0 radical (unpaired) electrons. The van der Waals surface area contributed by atoms with Crippen LogP contribution >= 0.6 is 22.9 Å². The molecule has 2 N–H and O–H groups in total. The molecule has 1 amide bonds. The molecule has 26 heavy (non-hydrogen) atoms. The number of carbonyl (C=O) groups excluding carboxylic acids is 1. The van der Waals surface area contributed by atoms with E-state index >= 15 is 0 Å². The van der Waals surface area contributed by atoms with Gasteiger partial charge in [0.15, 0.2) is 6.54 Å². The first-order valence-electron chi connectivity index (χ1n) is 8.75. The summed E-state index contributed by atoms with van der Waals surface area (Å²) >= 11 is 7.76. The highest BCUT2D eigenvalue weighted by molar-refractivity contribution is 7.09. The second-order valence-electron chi connectivity index (χ2n) is 6.41. The van der Waals surface area contributed by atoms with E-state index in [-0.39, 0.29) is 12.0 Å². The molecule has 140 valence electrons. The van der Waals surface area contributed by atoms with Crippen molar-refractivity contribution in [3.8, 4) is 5.75 Å². The average Bonchev–Trinajstić information content (AvgIpc) is 3.29. The van der Waals surface area contributed by atoms with E-state index in [1.165, 1.54) is 9.78 Å². The fraction of sp³-hybridized carbons (Fsp3) is 0.421. The van der Waals surface area contributed by atoms with Crippen molar-refractivity contribution < 1.29 is 19.2 Å². The smallest absolute Gasteiger partial charge is 0.279 e. The number of hydrogen-bond acceptors (Lipinski definition) is 4. The Morgan fingerprint density at radius 3 is 3.04 bits per heavy atom. The zero-order valence-electron chi connectivity index (χ0n) is 14.8. The van der Waals surface area contributed by atoms with E-state index in [1.54, 1.807) is 36.6 Å². The van der Waals surface area contributed by atoms with Gasteiger partial charge in [-0.25, -0.2) is 0 Å². The van der Waals surface area contributed by atoms with E-state index in [2.05, 4.69) is 16.8 Å². The van der Waals surface area contributed by atoms with Gasteiger partial charge in [-0.2, -0.15) is 0 Å². The molecule has 1 aliphatic heterocycles. The van der Waals surface area contributed by atoms with Crippen LogP contribution in [0.25, 0.3) is 0 Å². The summed E-state index contributed by atoms with van der Waals surface area (Å²) in [5.74, 6) is 0.539. The Labute approximate surface area is 162 Å². The minimum absolute atomic E-state index is 0.0601. The third-order valence-corrected chi connectivity index (χ3v) is 5.50. The first-order chi connectivity index (χ1) is 12.6. The van der Waals surface area contributed by atoms with Gasteiger partial charge in [-0.15, -0.1) is 11.3 Å². The van der Waals surface area contributed by atoms with Gasteiger partial charge in [-0.1, -0.05) is 17.7 Å². The molecule has 1 unspecified atom stereocenters. The van der Waals surface area contributed by atoms with Crippen LogP contribution in [0.2, 0.25) is 5.02 Å². The topological polar surface area (TPSA) is 52.0 Å². The predicted molar refractivity (Wildman–Crippen MR) is 104 cm³/mol. The summed E-state index contributed by atoms with van der Waals surface area (Å²) in [6, 6.07) is 9.35. The summed E-state index contributed by atoms with van der Waals surface area (Å²) in [5, 5.41) is 5.55. The van der Waals surface area contributed by atoms with E-state index in [4.69, 9.17) is 21.1 Å². The molecule has 2 heterocycles. The molecule has 1 fully saturated rings. The van der Waals surface area contributed by atoms with Crippen molar-refractivity contribution in [3.05, 3.63) is 45.6 Å². The molecule has 1 aromatic heterocycles. The van der Waals surface area contributed by atoms with Crippen molar-refractivity contribution in [2.75, 3.05) is 32.1 Å². The summed E-state index contributed by atoms with van der Waals surface area (Å²) < 4.78 is 11.1. The highest BCUT2D eigenvalue weighted by atomic mass is 35.5. The molecule has 2 atom stereocenters. The first kappa shape index (κ1) is 19.2. The van der Waals surface area contributed by atoms with Crippen LogP contribution in [0.5, 0.6) is 5.75 Å². The maximum atomic E-state index is 12.6. The zero-order valence-corrected chi connectivity index (χ0v) is 16.4. The summed E-state index contributed by atoms with van der Waals surface area (Å²) in [6.07, 6.45) is 2.40. The van der Waals surface area contributed by atoms with Crippen LogP contribution in [0.4, 0.5) is 5.69 Å². The fourth-order valence-electron chi connectivity index (χ4n) is 3.19. The number of halogens is 1. The van der Waals surface area contributed by atoms with Gasteiger partial charge in [0, 0.05) is 11.6 Å². The highest BCUT2D eigenvalue weighted by Gasteiger charge is 2.24. The molecule has 5 nitrogen and oxygen atoms in total. The third kappa shape index (κ3) is 5.45. The Kier molecular flexibility index (Phi) is 6.91. The highest BCUT2D eigenvalue weighted by Crippen LogP contribution is 2.27. The monoisotopic (exact) mass is 395 g/mol. The van der Waals surface area contributed by atoms with Gasteiger partial charge in [0.1, 0.15) is 24.9 Å². The van der Waals surface area contributed by atoms with Crippen molar-refractivity contribution in [2.24, 2.45) is 0 Å². The Morgan fingerprint density at radius 1 is 1.46 bits per heavy atom. The molecule has 1 aromatic carbocycles. The van der Waals surface area contributed by atoms with Gasteiger partial charge in [0.25, 0.3) is 5.91 Å². The molecule has 3 rings (SSSR count). The van der Waals surface area contributed by atoms with Crippen molar-refractivity contribution in [2.45, 2.75) is 25.5 Å². The lowest BCUT2D eigenvalue weighted by molar-refractivity contribution is -0.908. The molecular formula is C19H24ClN2O3S+. The van der Waals surface area contributed by atoms with Crippen molar-refractivity contribution in [3.63, 3.8) is 0 Å². The lowest BCUT2D eigenvalue weighted by atomic mass is 10.2. The second-order valence-corrected chi connectivity index (χ2v) is 7.88. The van der Waals surface area contributed by atoms with E-state index in [9.17, 15) is 4.79 Å². The SMILES string of the molecule is COc1ccc(Cl)cc1NC(=O)C[NH+](Cc1cccs1)C[C@H]1CCCO1. The van der Waals surface area contributed by atoms with Crippen LogP contribution in [-0.2, 0) is 16.1 Å². The van der Waals surface area contributed by atoms with Gasteiger partial charge in [0.05, 0.1) is 17.7 Å². The average molecular weight is 396 g/mol. The Hall–Kier alpha value is -1.60. The Bertz CT molecular complexity index is 718. The van der Waals surface area contributed by atoms with Crippen LogP contribution < -0.4 is 15.0 Å². The van der Waals surface area contributed by atoms with Gasteiger partial charge in [-0.05, 0) is 42.5 Å². The van der Waals surface area contributed by atoms with Gasteiger partial charge in [0.2, 0.25) is 0 Å². The fourth-order valence-corrected chi connectivity index (χ4v) is 4.14. The number of benzene rings is 1. The van der Waals surface area contributed by atoms with Crippen molar-refractivity contribution >= 4 is 34.5 Å². The molecule has 2 aromatic rings. The normalized spacial score (nSPS) is 17.8. The van der Waals surface area contributed by atoms with Crippen LogP contribution in [0, 0.1) is 0 Å². The summed E-state index contributed by atoms with van der Waals surface area (Å²) in [5.41, 5.74) is 0.595.